The predicted octanol–water partition coefficient (Wildman–Crippen LogP) is 1.97. The van der Waals surface area contributed by atoms with Gasteiger partial charge in [-0.05, 0) is 24.3 Å². The van der Waals surface area contributed by atoms with E-state index in [0.717, 1.165) is 0 Å². The zero-order chi connectivity index (χ0) is 19.0. The van der Waals surface area contributed by atoms with Gasteiger partial charge in [-0.15, -0.1) is 5.10 Å². The minimum Gasteiger partial charge on any atom is -0.366 e. The van der Waals surface area contributed by atoms with Crippen molar-refractivity contribution in [2.75, 3.05) is 0 Å². The second-order valence-corrected chi connectivity index (χ2v) is 5.83. The van der Waals surface area contributed by atoms with Gasteiger partial charge in [0.25, 0.3) is 0 Å². The number of primary amides is 1. The number of carbonyl (C=O) groups excluding carboxylic acids is 1. The summed E-state index contributed by atoms with van der Waals surface area (Å²) in [6.07, 6.45) is 4.70. The Morgan fingerprint density at radius 1 is 1.15 bits per heavy atom. The summed E-state index contributed by atoms with van der Waals surface area (Å²) in [7, 11) is 1.71. The standard InChI is InChI=1S/C18H14FN7O/c1-25-17(16(23-24-25)12-4-2-3-5-13(12)19)14-9-26(10-22-14)15-7-6-11(8-21-15)18(20)27/h2-10H,1H3,(H2,20,27). The summed E-state index contributed by atoms with van der Waals surface area (Å²) in [6, 6.07) is 9.61. The summed E-state index contributed by atoms with van der Waals surface area (Å²) in [6.45, 7) is 0. The third kappa shape index (κ3) is 2.95. The van der Waals surface area contributed by atoms with E-state index in [1.54, 1.807) is 54.5 Å². The van der Waals surface area contributed by atoms with Gasteiger partial charge in [-0.1, -0.05) is 17.3 Å². The Bertz CT molecular complexity index is 1130. The Kier molecular flexibility index (Phi) is 3.96. The first kappa shape index (κ1) is 16.6. The Morgan fingerprint density at radius 2 is 1.96 bits per heavy atom. The van der Waals surface area contributed by atoms with Crippen LogP contribution in [0.1, 0.15) is 10.4 Å². The first-order valence-electron chi connectivity index (χ1n) is 8.00. The first-order chi connectivity index (χ1) is 13.0. The summed E-state index contributed by atoms with van der Waals surface area (Å²) >= 11 is 0. The van der Waals surface area contributed by atoms with Crippen LogP contribution in [-0.4, -0.2) is 35.4 Å². The number of aryl methyl sites for hydroxylation is 1. The number of pyridine rings is 1. The number of benzene rings is 1. The van der Waals surface area contributed by atoms with E-state index >= 15 is 0 Å². The third-order valence-corrected chi connectivity index (χ3v) is 4.08. The molecule has 0 spiro atoms. The van der Waals surface area contributed by atoms with E-state index in [1.165, 1.54) is 16.9 Å². The second kappa shape index (κ2) is 6.45. The Balaban J connectivity index is 1.75. The van der Waals surface area contributed by atoms with Crippen LogP contribution in [0.25, 0.3) is 28.5 Å². The quantitative estimate of drug-likeness (QED) is 0.597. The van der Waals surface area contributed by atoms with Gasteiger partial charge in [-0.25, -0.2) is 19.0 Å². The third-order valence-electron chi connectivity index (χ3n) is 4.08. The molecule has 4 rings (SSSR count). The highest BCUT2D eigenvalue weighted by Gasteiger charge is 2.19. The van der Waals surface area contributed by atoms with E-state index in [0.29, 0.717) is 34.0 Å². The second-order valence-electron chi connectivity index (χ2n) is 5.83. The largest absolute Gasteiger partial charge is 0.366 e. The normalized spacial score (nSPS) is 10.9. The van der Waals surface area contributed by atoms with Gasteiger partial charge < -0.3 is 5.73 Å². The van der Waals surface area contributed by atoms with Crippen molar-refractivity contribution >= 4 is 5.91 Å². The molecule has 0 atom stereocenters. The van der Waals surface area contributed by atoms with Crippen LogP contribution in [0.15, 0.2) is 55.1 Å². The van der Waals surface area contributed by atoms with Crippen molar-refractivity contribution in [1.82, 2.24) is 29.5 Å². The first-order valence-corrected chi connectivity index (χ1v) is 8.00. The number of imidazole rings is 1. The molecule has 0 aliphatic heterocycles. The molecular weight excluding hydrogens is 349 g/mol. The number of halogens is 1. The lowest BCUT2D eigenvalue weighted by atomic mass is 10.1. The number of hydrogen-bond donors (Lipinski definition) is 1. The molecule has 3 heterocycles. The highest BCUT2D eigenvalue weighted by Crippen LogP contribution is 2.30. The molecule has 134 valence electrons. The summed E-state index contributed by atoms with van der Waals surface area (Å²) in [4.78, 5) is 19.7. The van der Waals surface area contributed by atoms with Gasteiger partial charge in [0.05, 0.1) is 5.56 Å². The van der Waals surface area contributed by atoms with Gasteiger partial charge in [0, 0.05) is 25.0 Å². The maximum atomic E-state index is 14.2. The minimum absolute atomic E-state index is 0.316. The fourth-order valence-electron chi connectivity index (χ4n) is 2.73. The monoisotopic (exact) mass is 363 g/mol. The molecule has 27 heavy (non-hydrogen) atoms. The van der Waals surface area contributed by atoms with Crippen LogP contribution in [0.4, 0.5) is 4.39 Å². The molecule has 1 amide bonds. The summed E-state index contributed by atoms with van der Waals surface area (Å²) in [5.41, 5.74) is 7.42. The fourth-order valence-corrected chi connectivity index (χ4v) is 2.73. The van der Waals surface area contributed by atoms with E-state index in [9.17, 15) is 9.18 Å². The number of nitrogens with two attached hydrogens (primary N) is 1. The van der Waals surface area contributed by atoms with Crippen LogP contribution in [-0.2, 0) is 7.05 Å². The van der Waals surface area contributed by atoms with Gasteiger partial charge in [-0.2, -0.15) is 0 Å². The van der Waals surface area contributed by atoms with Crippen molar-refractivity contribution < 1.29 is 9.18 Å². The average Bonchev–Trinajstić information content (AvgIpc) is 3.29. The molecule has 2 N–H and O–H groups in total. The molecule has 8 nitrogen and oxygen atoms in total. The molecule has 0 fully saturated rings. The molecule has 0 aliphatic carbocycles. The minimum atomic E-state index is -0.546. The maximum Gasteiger partial charge on any atom is 0.250 e. The molecule has 0 unspecified atom stereocenters. The molecular formula is C18H14FN7O. The van der Waals surface area contributed by atoms with Crippen LogP contribution >= 0.6 is 0 Å². The Morgan fingerprint density at radius 3 is 2.67 bits per heavy atom. The molecule has 0 saturated heterocycles. The van der Waals surface area contributed by atoms with Gasteiger partial charge in [0.1, 0.15) is 35.0 Å². The molecule has 0 bridgehead atoms. The number of amides is 1. The number of nitrogens with zero attached hydrogens (tertiary/aromatic N) is 6. The summed E-state index contributed by atoms with van der Waals surface area (Å²) in [5.74, 6) is -0.375. The van der Waals surface area contributed by atoms with E-state index in [1.807, 2.05) is 0 Å². The molecule has 0 aliphatic rings. The molecule has 9 heteroatoms. The lowest BCUT2D eigenvalue weighted by Crippen LogP contribution is -2.11. The maximum absolute atomic E-state index is 14.2. The van der Waals surface area contributed by atoms with Gasteiger partial charge >= 0.3 is 0 Å². The zero-order valence-corrected chi connectivity index (χ0v) is 14.2. The number of aromatic nitrogens is 6. The average molecular weight is 363 g/mol. The van der Waals surface area contributed by atoms with Gasteiger partial charge in [0.15, 0.2) is 0 Å². The van der Waals surface area contributed by atoms with E-state index < -0.39 is 5.91 Å². The molecule has 0 radical (unpaired) electrons. The van der Waals surface area contributed by atoms with Crippen LogP contribution in [0, 0.1) is 5.82 Å². The molecule has 4 aromatic rings. The number of rotatable bonds is 4. The van der Waals surface area contributed by atoms with E-state index in [2.05, 4.69) is 20.3 Å². The number of carbonyl (C=O) groups is 1. The van der Waals surface area contributed by atoms with Crippen LogP contribution < -0.4 is 5.73 Å². The molecule has 3 aromatic heterocycles. The molecule has 1 aromatic carbocycles. The number of hydrogen-bond acceptors (Lipinski definition) is 5. The lowest BCUT2D eigenvalue weighted by Gasteiger charge is -2.03. The Hall–Kier alpha value is -3.88. The topological polar surface area (TPSA) is 105 Å². The molecule has 0 saturated carbocycles. The zero-order valence-electron chi connectivity index (χ0n) is 14.2. The van der Waals surface area contributed by atoms with Crippen molar-refractivity contribution in [3.63, 3.8) is 0 Å². The fraction of sp³-hybridized carbons (Fsp3) is 0.0556. The highest BCUT2D eigenvalue weighted by molar-refractivity contribution is 5.92. The van der Waals surface area contributed by atoms with Crippen molar-refractivity contribution in [2.45, 2.75) is 0 Å². The van der Waals surface area contributed by atoms with Crippen LogP contribution in [0.5, 0.6) is 0 Å². The van der Waals surface area contributed by atoms with Crippen molar-refractivity contribution in [3.8, 4) is 28.5 Å². The summed E-state index contributed by atoms with van der Waals surface area (Å²) < 4.78 is 17.4. The van der Waals surface area contributed by atoms with Gasteiger partial charge in [0.2, 0.25) is 5.91 Å². The SMILES string of the molecule is Cn1nnc(-c2ccccc2F)c1-c1cn(-c2ccc(C(N)=O)cn2)cn1. The highest BCUT2D eigenvalue weighted by atomic mass is 19.1. The van der Waals surface area contributed by atoms with Gasteiger partial charge in [-0.3, -0.25) is 9.36 Å². The van der Waals surface area contributed by atoms with Crippen molar-refractivity contribution in [3.05, 3.63) is 66.5 Å². The predicted molar refractivity (Wildman–Crippen MR) is 95.3 cm³/mol. The van der Waals surface area contributed by atoms with Crippen LogP contribution in [0.2, 0.25) is 0 Å². The van der Waals surface area contributed by atoms with Crippen LogP contribution in [0.3, 0.4) is 0 Å². The van der Waals surface area contributed by atoms with Crippen molar-refractivity contribution in [2.24, 2.45) is 12.8 Å². The van der Waals surface area contributed by atoms with E-state index in [4.69, 9.17) is 5.73 Å². The lowest BCUT2D eigenvalue weighted by molar-refractivity contribution is 0.1000. The summed E-state index contributed by atoms with van der Waals surface area (Å²) in [5, 5.41) is 8.10. The van der Waals surface area contributed by atoms with Crippen molar-refractivity contribution in [1.29, 1.82) is 0 Å². The Labute approximate surface area is 153 Å². The van der Waals surface area contributed by atoms with E-state index in [-0.39, 0.29) is 5.82 Å². The smallest absolute Gasteiger partial charge is 0.250 e.